The van der Waals surface area contributed by atoms with E-state index < -0.39 is 0 Å². The van der Waals surface area contributed by atoms with Crippen molar-refractivity contribution in [1.82, 2.24) is 20.0 Å². The van der Waals surface area contributed by atoms with Gasteiger partial charge in [-0.05, 0) is 50.2 Å². The van der Waals surface area contributed by atoms with E-state index in [9.17, 15) is 0 Å². The first-order valence-electron chi connectivity index (χ1n) is 10.3. The summed E-state index contributed by atoms with van der Waals surface area (Å²) in [6.45, 7) is 9.68. The van der Waals surface area contributed by atoms with Crippen molar-refractivity contribution >= 4 is 11.6 Å². The summed E-state index contributed by atoms with van der Waals surface area (Å²) in [6, 6.07) is 15.7. The fourth-order valence-electron chi connectivity index (χ4n) is 3.57. The summed E-state index contributed by atoms with van der Waals surface area (Å²) in [5, 5.41) is 9.26. The summed E-state index contributed by atoms with van der Waals surface area (Å²) in [5.41, 5.74) is 2.17. The van der Waals surface area contributed by atoms with Gasteiger partial charge in [-0.1, -0.05) is 29.3 Å². The van der Waals surface area contributed by atoms with Crippen molar-refractivity contribution in [3.05, 3.63) is 65.0 Å². The summed E-state index contributed by atoms with van der Waals surface area (Å²) in [7, 11) is 0. The van der Waals surface area contributed by atoms with Crippen LogP contribution in [0.3, 0.4) is 0 Å². The molecular formula is C23H27ClN4O2. The number of benzene rings is 2. The highest BCUT2D eigenvalue weighted by molar-refractivity contribution is 6.30. The molecule has 2 heterocycles. The minimum Gasteiger partial charge on any atom is -0.492 e. The lowest BCUT2D eigenvalue weighted by molar-refractivity contribution is 0.0827. The smallest absolute Gasteiger partial charge is 0.247 e. The summed E-state index contributed by atoms with van der Waals surface area (Å²) >= 11 is 5.91. The number of aryl methyl sites for hydroxylation is 1. The van der Waals surface area contributed by atoms with Crippen LogP contribution in [0.4, 0.5) is 0 Å². The molecule has 30 heavy (non-hydrogen) atoms. The summed E-state index contributed by atoms with van der Waals surface area (Å²) in [5.74, 6) is 2.10. The predicted octanol–water partition coefficient (Wildman–Crippen LogP) is 4.46. The van der Waals surface area contributed by atoms with Crippen LogP contribution in [-0.4, -0.2) is 59.3 Å². The fraction of sp³-hybridized carbons (Fsp3) is 0.391. The maximum absolute atomic E-state index is 5.97. The van der Waals surface area contributed by atoms with Crippen molar-refractivity contribution in [1.29, 1.82) is 0 Å². The van der Waals surface area contributed by atoms with Crippen LogP contribution in [0.5, 0.6) is 5.75 Å². The van der Waals surface area contributed by atoms with Crippen molar-refractivity contribution in [3.8, 4) is 17.2 Å². The molecule has 0 aliphatic carbocycles. The van der Waals surface area contributed by atoms with E-state index in [1.165, 1.54) is 5.56 Å². The number of hydrogen-bond donors (Lipinski definition) is 0. The maximum Gasteiger partial charge on any atom is 0.247 e. The number of ether oxygens (including phenoxy) is 1. The molecule has 0 bridgehead atoms. The van der Waals surface area contributed by atoms with Crippen LogP contribution in [0, 0.1) is 6.92 Å². The van der Waals surface area contributed by atoms with Crippen molar-refractivity contribution in [2.24, 2.45) is 0 Å². The standard InChI is InChI=1S/C23H27ClN4O2/c1-17-3-5-19(6-4-17)23-26-25-22(30-23)18(2)28-13-11-27(12-14-28)15-16-29-21-9-7-20(24)8-10-21/h3-10,18H,11-16H2,1-2H3. The van der Waals surface area contributed by atoms with E-state index in [4.69, 9.17) is 20.8 Å². The number of halogens is 1. The van der Waals surface area contributed by atoms with Crippen LogP contribution in [0.1, 0.15) is 24.4 Å². The first kappa shape index (κ1) is 20.8. The number of aromatic nitrogens is 2. The van der Waals surface area contributed by atoms with Crippen molar-refractivity contribution in [3.63, 3.8) is 0 Å². The van der Waals surface area contributed by atoms with E-state index in [0.29, 0.717) is 18.4 Å². The highest BCUT2D eigenvalue weighted by Crippen LogP contribution is 2.25. The Bertz CT molecular complexity index is 935. The van der Waals surface area contributed by atoms with Gasteiger partial charge >= 0.3 is 0 Å². The minimum atomic E-state index is 0.101. The third kappa shape index (κ3) is 5.19. The quantitative estimate of drug-likeness (QED) is 0.556. The highest BCUT2D eigenvalue weighted by atomic mass is 35.5. The molecule has 0 N–H and O–H groups in total. The first-order valence-corrected chi connectivity index (χ1v) is 10.7. The average molecular weight is 427 g/mol. The van der Waals surface area contributed by atoms with Gasteiger partial charge in [-0.15, -0.1) is 10.2 Å². The molecule has 0 amide bonds. The third-order valence-electron chi connectivity index (χ3n) is 5.54. The fourth-order valence-corrected chi connectivity index (χ4v) is 3.70. The second-order valence-electron chi connectivity index (χ2n) is 7.67. The van der Waals surface area contributed by atoms with Crippen molar-refractivity contribution < 1.29 is 9.15 Å². The third-order valence-corrected chi connectivity index (χ3v) is 5.79. The molecule has 1 aromatic heterocycles. The molecule has 0 radical (unpaired) electrons. The second-order valence-corrected chi connectivity index (χ2v) is 8.10. The van der Waals surface area contributed by atoms with Gasteiger partial charge in [0.25, 0.3) is 0 Å². The Labute approximate surface area is 182 Å². The zero-order valence-electron chi connectivity index (χ0n) is 17.4. The number of hydrogen-bond acceptors (Lipinski definition) is 6. The Hall–Kier alpha value is -2.41. The Balaban J connectivity index is 1.24. The number of piperazine rings is 1. The van der Waals surface area contributed by atoms with Crippen molar-refractivity contribution in [2.75, 3.05) is 39.3 Å². The topological polar surface area (TPSA) is 54.6 Å². The van der Waals surface area contributed by atoms with Gasteiger partial charge in [0.15, 0.2) is 0 Å². The molecule has 1 aliphatic rings. The van der Waals surface area contributed by atoms with E-state index >= 15 is 0 Å². The molecular weight excluding hydrogens is 400 g/mol. The zero-order valence-corrected chi connectivity index (χ0v) is 18.2. The molecule has 4 rings (SSSR count). The van der Waals surface area contributed by atoms with E-state index in [2.05, 4.69) is 46.0 Å². The van der Waals surface area contributed by atoms with Gasteiger partial charge in [0.05, 0.1) is 6.04 Å². The van der Waals surface area contributed by atoms with Gasteiger partial charge in [0, 0.05) is 43.3 Å². The Morgan fingerprint density at radius 1 is 1.00 bits per heavy atom. The molecule has 0 spiro atoms. The van der Waals surface area contributed by atoms with E-state index in [1.807, 2.05) is 36.4 Å². The molecule has 7 heteroatoms. The Kier molecular flexibility index (Phi) is 6.67. The van der Waals surface area contributed by atoms with E-state index in [1.54, 1.807) is 0 Å². The van der Waals surface area contributed by atoms with Gasteiger partial charge in [-0.25, -0.2) is 0 Å². The lowest BCUT2D eigenvalue weighted by Gasteiger charge is -2.36. The highest BCUT2D eigenvalue weighted by Gasteiger charge is 2.25. The van der Waals surface area contributed by atoms with Gasteiger partial charge < -0.3 is 9.15 Å². The van der Waals surface area contributed by atoms with Gasteiger partial charge in [-0.3, -0.25) is 9.80 Å². The van der Waals surface area contributed by atoms with Crippen LogP contribution in [0.15, 0.2) is 52.9 Å². The first-order chi connectivity index (χ1) is 14.6. The molecule has 3 aromatic rings. The lowest BCUT2D eigenvalue weighted by Crippen LogP contribution is -2.48. The van der Waals surface area contributed by atoms with Crippen molar-refractivity contribution in [2.45, 2.75) is 19.9 Å². The van der Waals surface area contributed by atoms with E-state index in [0.717, 1.165) is 49.1 Å². The van der Waals surface area contributed by atoms with Gasteiger partial charge in [0.1, 0.15) is 12.4 Å². The van der Waals surface area contributed by atoms with Crippen LogP contribution < -0.4 is 4.74 Å². The molecule has 0 saturated carbocycles. The Morgan fingerprint density at radius 2 is 1.70 bits per heavy atom. The number of rotatable bonds is 7. The molecule has 2 aromatic carbocycles. The Morgan fingerprint density at radius 3 is 2.40 bits per heavy atom. The average Bonchev–Trinajstić information content (AvgIpc) is 3.26. The van der Waals surface area contributed by atoms with Crippen LogP contribution in [-0.2, 0) is 0 Å². The largest absolute Gasteiger partial charge is 0.492 e. The lowest BCUT2D eigenvalue weighted by atomic mass is 10.1. The molecule has 1 atom stereocenters. The summed E-state index contributed by atoms with van der Waals surface area (Å²) in [4.78, 5) is 4.81. The molecule has 1 saturated heterocycles. The molecule has 1 fully saturated rings. The van der Waals surface area contributed by atoms with Crippen LogP contribution in [0.25, 0.3) is 11.5 Å². The predicted molar refractivity (Wildman–Crippen MR) is 118 cm³/mol. The number of nitrogens with zero attached hydrogens (tertiary/aromatic N) is 4. The maximum atomic E-state index is 5.97. The monoisotopic (exact) mass is 426 g/mol. The summed E-state index contributed by atoms with van der Waals surface area (Å²) < 4.78 is 11.8. The zero-order chi connectivity index (χ0) is 20.9. The normalized spacial score (nSPS) is 16.5. The van der Waals surface area contributed by atoms with Gasteiger partial charge in [-0.2, -0.15) is 0 Å². The molecule has 1 unspecified atom stereocenters. The second kappa shape index (κ2) is 9.60. The molecule has 1 aliphatic heterocycles. The van der Waals surface area contributed by atoms with Crippen LogP contribution in [0.2, 0.25) is 5.02 Å². The SMILES string of the molecule is Cc1ccc(-c2nnc(C(C)N3CCN(CCOc4ccc(Cl)cc4)CC3)o2)cc1. The van der Waals surface area contributed by atoms with Gasteiger partial charge in [0.2, 0.25) is 11.8 Å². The molecule has 158 valence electrons. The van der Waals surface area contributed by atoms with Crippen LogP contribution >= 0.6 is 11.6 Å². The molecule has 6 nitrogen and oxygen atoms in total. The summed E-state index contributed by atoms with van der Waals surface area (Å²) in [6.07, 6.45) is 0. The van der Waals surface area contributed by atoms with E-state index in [-0.39, 0.29) is 6.04 Å². The minimum absolute atomic E-state index is 0.101.